The van der Waals surface area contributed by atoms with Crippen LogP contribution in [0.25, 0.3) is 10.6 Å². The molecular weight excluding hydrogens is 352 g/mol. The van der Waals surface area contributed by atoms with Crippen LogP contribution >= 0.6 is 11.3 Å². The maximum absolute atomic E-state index is 12.0. The van der Waals surface area contributed by atoms with Crippen LogP contribution in [0, 0.1) is 13.8 Å². The van der Waals surface area contributed by atoms with E-state index < -0.39 is 0 Å². The summed E-state index contributed by atoms with van der Waals surface area (Å²) in [5, 5.41) is 0.899. The Morgan fingerprint density at radius 1 is 1.08 bits per heavy atom. The van der Waals surface area contributed by atoms with Gasteiger partial charge in [-0.05, 0) is 39.3 Å². The number of esters is 2. The Kier molecular flexibility index (Phi) is 7.15. The molecule has 0 amide bonds. The molecule has 26 heavy (non-hydrogen) atoms. The Hall–Kier alpha value is -2.41. The zero-order valence-corrected chi connectivity index (χ0v) is 16.4. The first-order valence-corrected chi connectivity index (χ1v) is 9.35. The molecule has 0 bridgehead atoms. The highest BCUT2D eigenvalue weighted by atomic mass is 32.1. The van der Waals surface area contributed by atoms with Gasteiger partial charge in [0.25, 0.3) is 0 Å². The van der Waals surface area contributed by atoms with Gasteiger partial charge < -0.3 is 14.4 Å². The predicted molar refractivity (Wildman–Crippen MR) is 103 cm³/mol. The summed E-state index contributed by atoms with van der Waals surface area (Å²) in [7, 11) is 0. The van der Waals surface area contributed by atoms with E-state index in [1.807, 2.05) is 38.2 Å². The molecule has 0 fully saturated rings. The average molecular weight is 376 g/mol. The summed E-state index contributed by atoms with van der Waals surface area (Å²) in [6.45, 7) is 8.00. The number of benzene rings is 1. The summed E-state index contributed by atoms with van der Waals surface area (Å²) in [6, 6.07) is 5.90. The normalized spacial score (nSPS) is 10.5. The van der Waals surface area contributed by atoms with E-state index in [4.69, 9.17) is 9.47 Å². The van der Waals surface area contributed by atoms with Gasteiger partial charge in [0.15, 0.2) is 0 Å². The third kappa shape index (κ3) is 5.29. The zero-order chi connectivity index (χ0) is 19.1. The molecule has 0 aliphatic carbocycles. The Bertz CT molecular complexity index is 753. The summed E-state index contributed by atoms with van der Waals surface area (Å²) in [5.41, 5.74) is 2.69. The van der Waals surface area contributed by atoms with Crippen molar-refractivity contribution in [2.24, 2.45) is 0 Å². The number of anilines is 1. The molecule has 0 spiro atoms. The zero-order valence-electron chi connectivity index (χ0n) is 15.6. The van der Waals surface area contributed by atoms with Crippen molar-refractivity contribution in [2.75, 3.05) is 31.2 Å². The minimum atomic E-state index is -0.383. The lowest BCUT2D eigenvalue weighted by atomic mass is 10.1. The van der Waals surface area contributed by atoms with Crippen LogP contribution in [0.4, 0.5) is 5.69 Å². The van der Waals surface area contributed by atoms with Crippen LogP contribution in [0.15, 0.2) is 24.4 Å². The fourth-order valence-electron chi connectivity index (χ4n) is 2.52. The maximum Gasteiger partial charge on any atom is 0.325 e. The van der Waals surface area contributed by atoms with Gasteiger partial charge in [-0.25, -0.2) is 4.98 Å². The lowest BCUT2D eigenvalue weighted by Gasteiger charge is -2.25. The van der Waals surface area contributed by atoms with E-state index in [2.05, 4.69) is 4.98 Å². The number of thiazole rings is 1. The van der Waals surface area contributed by atoms with Crippen molar-refractivity contribution in [1.82, 2.24) is 4.98 Å². The Balaban J connectivity index is 2.35. The van der Waals surface area contributed by atoms with Gasteiger partial charge in [0.1, 0.15) is 18.1 Å². The van der Waals surface area contributed by atoms with Crippen molar-refractivity contribution < 1.29 is 19.1 Å². The minimum absolute atomic E-state index is 0.0200. The van der Waals surface area contributed by atoms with E-state index in [-0.39, 0.29) is 25.0 Å². The van der Waals surface area contributed by atoms with Gasteiger partial charge in [-0.1, -0.05) is 12.1 Å². The van der Waals surface area contributed by atoms with Crippen LogP contribution < -0.4 is 4.90 Å². The second-order valence-electron chi connectivity index (χ2n) is 5.74. The minimum Gasteiger partial charge on any atom is -0.465 e. The molecule has 6 nitrogen and oxygen atoms in total. The summed E-state index contributed by atoms with van der Waals surface area (Å²) in [5.74, 6) is -0.765. The molecule has 1 aromatic heterocycles. The van der Waals surface area contributed by atoms with Crippen molar-refractivity contribution in [1.29, 1.82) is 0 Å². The third-order valence-electron chi connectivity index (χ3n) is 3.67. The first-order chi connectivity index (χ1) is 12.4. The molecule has 1 aromatic carbocycles. The highest BCUT2D eigenvalue weighted by molar-refractivity contribution is 7.14. The largest absolute Gasteiger partial charge is 0.465 e. The average Bonchev–Trinajstić information content (AvgIpc) is 3.01. The second-order valence-corrected chi connectivity index (χ2v) is 6.98. The molecule has 2 rings (SSSR count). The van der Waals surface area contributed by atoms with Crippen molar-refractivity contribution in [3.63, 3.8) is 0 Å². The Morgan fingerprint density at radius 3 is 2.19 bits per heavy atom. The molecule has 0 N–H and O–H groups in total. The molecule has 0 unspecified atom stereocenters. The number of hydrogen-bond donors (Lipinski definition) is 0. The quantitative estimate of drug-likeness (QED) is 0.658. The van der Waals surface area contributed by atoms with Gasteiger partial charge in [-0.2, -0.15) is 0 Å². The molecule has 0 radical (unpaired) electrons. The Morgan fingerprint density at radius 2 is 1.69 bits per heavy atom. The maximum atomic E-state index is 12.0. The van der Waals surface area contributed by atoms with Crippen LogP contribution in [0.3, 0.4) is 0 Å². The molecule has 7 heteroatoms. The van der Waals surface area contributed by atoms with Crippen molar-refractivity contribution in [2.45, 2.75) is 27.7 Å². The fourth-order valence-corrected chi connectivity index (χ4v) is 3.28. The van der Waals surface area contributed by atoms with E-state index in [0.29, 0.717) is 13.2 Å². The molecule has 0 saturated carbocycles. The number of aromatic nitrogens is 1. The molecular formula is C19H24N2O4S. The number of nitrogens with zero attached hydrogens (tertiary/aromatic N) is 2. The van der Waals surface area contributed by atoms with E-state index in [0.717, 1.165) is 26.7 Å². The topological polar surface area (TPSA) is 68.7 Å². The number of aryl methyl sites for hydroxylation is 2. The van der Waals surface area contributed by atoms with E-state index in [1.54, 1.807) is 30.1 Å². The number of carbonyl (C=O) groups is 2. The summed E-state index contributed by atoms with van der Waals surface area (Å²) < 4.78 is 10.1. The monoisotopic (exact) mass is 376 g/mol. The van der Waals surface area contributed by atoms with Crippen LogP contribution in [-0.2, 0) is 19.1 Å². The van der Waals surface area contributed by atoms with Crippen LogP contribution in [0.1, 0.15) is 24.3 Å². The van der Waals surface area contributed by atoms with Crippen molar-refractivity contribution >= 4 is 29.0 Å². The van der Waals surface area contributed by atoms with E-state index >= 15 is 0 Å². The summed E-state index contributed by atoms with van der Waals surface area (Å²) in [6.07, 6.45) is 1.83. The fraction of sp³-hybridized carbons (Fsp3) is 0.421. The van der Waals surface area contributed by atoms with Gasteiger partial charge >= 0.3 is 11.9 Å². The van der Waals surface area contributed by atoms with E-state index in [1.165, 1.54) is 0 Å². The SMILES string of the molecule is CCOC(=O)CN(CC(=O)OCC)c1cc(-c2ncc(C)s2)ccc1C. The van der Waals surface area contributed by atoms with Crippen LogP contribution in [0.2, 0.25) is 0 Å². The standard InChI is InChI=1S/C19H24N2O4S/c1-5-24-17(22)11-21(12-18(23)25-6-2)16-9-15(8-7-13(16)3)19-20-10-14(4)26-19/h7-10H,5-6,11-12H2,1-4H3. The number of hydrogen-bond acceptors (Lipinski definition) is 7. The molecule has 0 atom stereocenters. The molecule has 0 aliphatic heterocycles. The molecule has 0 aliphatic rings. The predicted octanol–water partition coefficient (Wildman–Crippen LogP) is 3.36. The number of carbonyl (C=O) groups excluding carboxylic acids is 2. The first-order valence-electron chi connectivity index (χ1n) is 8.54. The van der Waals surface area contributed by atoms with Gasteiger partial charge in [0.05, 0.1) is 13.2 Å². The third-order valence-corrected chi connectivity index (χ3v) is 4.63. The highest BCUT2D eigenvalue weighted by Crippen LogP contribution is 2.30. The Labute approximate surface area is 157 Å². The van der Waals surface area contributed by atoms with Gasteiger partial charge in [0.2, 0.25) is 0 Å². The van der Waals surface area contributed by atoms with Crippen LogP contribution in [-0.4, -0.2) is 43.2 Å². The lowest BCUT2D eigenvalue weighted by Crippen LogP contribution is -2.36. The number of rotatable bonds is 8. The molecule has 2 aromatic rings. The van der Waals surface area contributed by atoms with Crippen molar-refractivity contribution in [3.8, 4) is 10.6 Å². The first kappa shape index (κ1) is 19.9. The number of ether oxygens (including phenoxy) is 2. The van der Waals surface area contributed by atoms with E-state index in [9.17, 15) is 9.59 Å². The molecule has 0 saturated heterocycles. The molecule has 1 heterocycles. The second kappa shape index (κ2) is 9.33. The smallest absolute Gasteiger partial charge is 0.325 e. The highest BCUT2D eigenvalue weighted by Gasteiger charge is 2.19. The molecule has 140 valence electrons. The van der Waals surface area contributed by atoms with Crippen LogP contribution in [0.5, 0.6) is 0 Å². The lowest BCUT2D eigenvalue weighted by molar-refractivity contribution is -0.142. The summed E-state index contributed by atoms with van der Waals surface area (Å²) >= 11 is 1.60. The van der Waals surface area contributed by atoms with Gasteiger partial charge in [-0.15, -0.1) is 11.3 Å². The van der Waals surface area contributed by atoms with Gasteiger partial charge in [-0.3, -0.25) is 9.59 Å². The van der Waals surface area contributed by atoms with Gasteiger partial charge in [0, 0.05) is 22.3 Å². The van der Waals surface area contributed by atoms with Crippen molar-refractivity contribution in [3.05, 3.63) is 34.8 Å². The summed E-state index contributed by atoms with van der Waals surface area (Å²) in [4.78, 5) is 31.2.